The highest BCUT2D eigenvalue weighted by Crippen LogP contribution is 2.29. The Kier molecular flexibility index (Phi) is 4.21. The Hall–Kier alpha value is -4.20. The van der Waals surface area contributed by atoms with E-state index in [0.29, 0.717) is 28.0 Å². The van der Waals surface area contributed by atoms with Crippen LogP contribution in [0.5, 0.6) is 5.75 Å². The number of aromatic nitrogens is 2. The van der Waals surface area contributed by atoms with Crippen molar-refractivity contribution in [3.8, 4) is 28.1 Å². The molecule has 0 atom stereocenters. The summed E-state index contributed by atoms with van der Waals surface area (Å²) in [6.07, 6.45) is 0. The molecule has 4 aromatic rings. The molecular formula is C20H13N3O5. The highest BCUT2D eigenvalue weighted by atomic mass is 17.0. The van der Waals surface area contributed by atoms with Gasteiger partial charge in [-0.15, -0.1) is 10.1 Å². The molecule has 0 unspecified atom stereocenters. The summed E-state index contributed by atoms with van der Waals surface area (Å²) in [6.45, 7) is 0. The normalized spacial score (nSPS) is 10.7. The van der Waals surface area contributed by atoms with Crippen LogP contribution in [0.4, 0.5) is 0 Å². The maximum absolute atomic E-state index is 13.2. The fourth-order valence-electron chi connectivity index (χ4n) is 3.06. The van der Waals surface area contributed by atoms with Crippen LogP contribution in [0.2, 0.25) is 0 Å². The zero-order valence-corrected chi connectivity index (χ0v) is 14.4. The smallest absolute Gasteiger partial charge is 0.299 e. The van der Waals surface area contributed by atoms with E-state index in [1.54, 1.807) is 48.5 Å². The molecule has 0 saturated carbocycles. The number of hydrogen-bond acceptors (Lipinski definition) is 5. The van der Waals surface area contributed by atoms with Crippen molar-refractivity contribution in [2.24, 2.45) is 0 Å². The molecule has 0 fully saturated rings. The van der Waals surface area contributed by atoms with Gasteiger partial charge in [0.1, 0.15) is 11.4 Å². The van der Waals surface area contributed by atoms with Crippen LogP contribution in [0.15, 0.2) is 82.4 Å². The Morgan fingerprint density at radius 2 is 1.57 bits per heavy atom. The number of H-pyrrole nitrogens is 1. The van der Waals surface area contributed by atoms with Gasteiger partial charge in [0.05, 0.1) is 11.3 Å². The first-order valence-electron chi connectivity index (χ1n) is 8.31. The van der Waals surface area contributed by atoms with E-state index in [1.807, 2.05) is 6.07 Å². The third-order valence-corrected chi connectivity index (χ3v) is 4.26. The molecule has 0 amide bonds. The minimum atomic E-state index is -0.894. The summed E-state index contributed by atoms with van der Waals surface area (Å²) in [4.78, 5) is 43.5. The van der Waals surface area contributed by atoms with Crippen molar-refractivity contribution < 1.29 is 9.92 Å². The fourth-order valence-corrected chi connectivity index (χ4v) is 3.06. The SMILES string of the molecule is O=c1cccc2[nH]c(-c3ccc(O[N+](=O)[O-])cc3)c(-c3ccccc3)c(=O)n12. The van der Waals surface area contributed by atoms with Crippen LogP contribution in [-0.2, 0) is 0 Å². The van der Waals surface area contributed by atoms with Crippen molar-refractivity contribution in [2.75, 3.05) is 0 Å². The van der Waals surface area contributed by atoms with Crippen molar-refractivity contribution in [1.82, 2.24) is 9.38 Å². The van der Waals surface area contributed by atoms with Crippen LogP contribution < -0.4 is 16.0 Å². The van der Waals surface area contributed by atoms with Crippen LogP contribution in [0.1, 0.15) is 0 Å². The molecule has 0 aliphatic rings. The van der Waals surface area contributed by atoms with Crippen molar-refractivity contribution in [3.63, 3.8) is 0 Å². The minimum Gasteiger partial charge on any atom is -0.340 e. The van der Waals surface area contributed by atoms with Gasteiger partial charge in [0.25, 0.3) is 16.2 Å². The largest absolute Gasteiger partial charge is 0.340 e. The van der Waals surface area contributed by atoms with Gasteiger partial charge in [-0.1, -0.05) is 48.5 Å². The Balaban J connectivity index is 2.01. The van der Waals surface area contributed by atoms with Gasteiger partial charge in [0.15, 0.2) is 0 Å². The topological polar surface area (TPSA) is 107 Å². The van der Waals surface area contributed by atoms with Crippen molar-refractivity contribution in [1.29, 1.82) is 0 Å². The van der Waals surface area contributed by atoms with E-state index in [-0.39, 0.29) is 5.75 Å². The lowest BCUT2D eigenvalue weighted by Gasteiger charge is -2.13. The van der Waals surface area contributed by atoms with Crippen molar-refractivity contribution >= 4 is 5.65 Å². The number of hydrogen-bond donors (Lipinski definition) is 1. The molecule has 28 heavy (non-hydrogen) atoms. The molecule has 8 nitrogen and oxygen atoms in total. The quantitative estimate of drug-likeness (QED) is 0.436. The maximum Gasteiger partial charge on any atom is 0.299 e. The zero-order chi connectivity index (χ0) is 19.7. The number of aromatic amines is 1. The van der Waals surface area contributed by atoms with Crippen LogP contribution in [0.25, 0.3) is 28.0 Å². The van der Waals surface area contributed by atoms with Gasteiger partial charge in [0, 0.05) is 6.07 Å². The van der Waals surface area contributed by atoms with E-state index in [0.717, 1.165) is 4.40 Å². The number of benzene rings is 2. The first-order valence-corrected chi connectivity index (χ1v) is 8.31. The minimum absolute atomic E-state index is 0.0642. The van der Waals surface area contributed by atoms with E-state index in [9.17, 15) is 19.7 Å². The number of pyridine rings is 1. The third kappa shape index (κ3) is 3.03. The molecule has 0 aliphatic carbocycles. The first kappa shape index (κ1) is 17.2. The van der Waals surface area contributed by atoms with Crippen LogP contribution in [-0.4, -0.2) is 14.5 Å². The number of nitrogens with one attached hydrogen (secondary N) is 1. The second-order valence-corrected chi connectivity index (χ2v) is 5.97. The Labute approximate surface area is 157 Å². The summed E-state index contributed by atoms with van der Waals surface area (Å²) in [5, 5.41) is 9.60. The first-order chi connectivity index (χ1) is 13.5. The molecule has 1 N–H and O–H groups in total. The lowest BCUT2D eigenvalue weighted by molar-refractivity contribution is -0.711. The van der Waals surface area contributed by atoms with Gasteiger partial charge in [-0.3, -0.25) is 14.4 Å². The van der Waals surface area contributed by atoms with Crippen LogP contribution >= 0.6 is 0 Å². The zero-order valence-electron chi connectivity index (χ0n) is 14.4. The van der Waals surface area contributed by atoms with Gasteiger partial charge in [-0.2, -0.15) is 0 Å². The molecule has 2 aromatic heterocycles. The summed E-state index contributed by atoms with van der Waals surface area (Å²) in [7, 11) is 0. The van der Waals surface area contributed by atoms with Crippen molar-refractivity contribution in [2.45, 2.75) is 0 Å². The lowest BCUT2D eigenvalue weighted by Crippen LogP contribution is -2.28. The Bertz CT molecular complexity index is 1290. The summed E-state index contributed by atoms with van der Waals surface area (Å²) >= 11 is 0. The fraction of sp³-hybridized carbons (Fsp3) is 0. The standard InChI is InChI=1S/C20H13N3O5/c24-17-8-4-7-16-21-19(14-9-11-15(12-10-14)28-23(26)27)18(20(25)22(16)17)13-5-2-1-3-6-13/h1-12,21H. The van der Waals surface area contributed by atoms with Crippen LogP contribution in [0.3, 0.4) is 0 Å². The van der Waals surface area contributed by atoms with Gasteiger partial charge in [0.2, 0.25) is 0 Å². The van der Waals surface area contributed by atoms with E-state index >= 15 is 0 Å². The molecule has 0 saturated heterocycles. The number of rotatable bonds is 4. The molecule has 0 spiro atoms. The second-order valence-electron chi connectivity index (χ2n) is 5.97. The van der Waals surface area contributed by atoms with Gasteiger partial charge in [-0.25, -0.2) is 4.40 Å². The molecule has 2 aromatic carbocycles. The molecule has 2 heterocycles. The molecule has 0 radical (unpaired) electrons. The monoisotopic (exact) mass is 375 g/mol. The molecule has 0 bridgehead atoms. The number of fused-ring (bicyclic) bond motifs is 1. The molecule has 4 rings (SSSR count). The van der Waals surface area contributed by atoms with Gasteiger partial charge >= 0.3 is 0 Å². The summed E-state index contributed by atoms with van der Waals surface area (Å²) in [6, 6.07) is 19.6. The summed E-state index contributed by atoms with van der Waals surface area (Å²) < 4.78 is 1.08. The second kappa shape index (κ2) is 6.84. The average Bonchev–Trinajstić information content (AvgIpc) is 2.68. The van der Waals surface area contributed by atoms with E-state index < -0.39 is 16.2 Å². The van der Waals surface area contributed by atoms with Crippen LogP contribution in [0, 0.1) is 10.1 Å². The Morgan fingerprint density at radius 1 is 0.857 bits per heavy atom. The highest BCUT2D eigenvalue weighted by Gasteiger charge is 2.16. The predicted octanol–water partition coefficient (Wildman–Crippen LogP) is 2.89. The predicted molar refractivity (Wildman–Crippen MR) is 103 cm³/mol. The molecule has 138 valence electrons. The molecule has 8 heteroatoms. The van der Waals surface area contributed by atoms with E-state index in [1.165, 1.54) is 18.2 Å². The molecule has 0 aliphatic heterocycles. The summed E-state index contributed by atoms with van der Waals surface area (Å²) in [5.41, 5.74) is 1.53. The highest BCUT2D eigenvalue weighted by molar-refractivity contribution is 5.81. The third-order valence-electron chi connectivity index (χ3n) is 4.26. The molecular weight excluding hydrogens is 362 g/mol. The van der Waals surface area contributed by atoms with E-state index in [4.69, 9.17) is 0 Å². The average molecular weight is 375 g/mol. The van der Waals surface area contributed by atoms with Gasteiger partial charge in [-0.05, 0) is 29.3 Å². The van der Waals surface area contributed by atoms with Gasteiger partial charge < -0.3 is 4.98 Å². The lowest BCUT2D eigenvalue weighted by atomic mass is 10.0. The Morgan fingerprint density at radius 3 is 2.25 bits per heavy atom. The van der Waals surface area contributed by atoms with E-state index in [2.05, 4.69) is 9.82 Å². The van der Waals surface area contributed by atoms with Crippen molar-refractivity contribution in [3.05, 3.63) is 104 Å². The number of nitrogens with zero attached hydrogens (tertiary/aromatic N) is 2. The summed E-state index contributed by atoms with van der Waals surface area (Å²) in [5.74, 6) is 0.0642. The maximum atomic E-state index is 13.2.